The van der Waals surface area contributed by atoms with Gasteiger partial charge in [0.05, 0.1) is 0 Å². The van der Waals surface area contributed by atoms with Crippen LogP contribution in [0.5, 0.6) is 0 Å². The largest absolute Gasteiger partial charge is 0.316 e. The van der Waals surface area contributed by atoms with Crippen molar-refractivity contribution in [3.63, 3.8) is 0 Å². The van der Waals surface area contributed by atoms with Crippen molar-refractivity contribution in [2.24, 2.45) is 11.8 Å². The summed E-state index contributed by atoms with van der Waals surface area (Å²) in [5.41, 5.74) is 1.29. The molecule has 0 amide bonds. The molecule has 2 atom stereocenters. The van der Waals surface area contributed by atoms with Crippen LogP contribution in [-0.4, -0.2) is 13.1 Å². The molecular formula is C14H27N. The summed E-state index contributed by atoms with van der Waals surface area (Å²) in [5, 5.41) is 3.52. The molecule has 1 fully saturated rings. The fourth-order valence-electron chi connectivity index (χ4n) is 2.55. The van der Waals surface area contributed by atoms with Gasteiger partial charge in [0.15, 0.2) is 0 Å². The van der Waals surface area contributed by atoms with E-state index in [2.05, 4.69) is 25.7 Å². The predicted octanol–water partition coefficient (Wildman–Crippen LogP) is 3.76. The van der Waals surface area contributed by atoms with Crippen molar-refractivity contribution in [2.45, 2.75) is 52.4 Å². The lowest BCUT2D eigenvalue weighted by Crippen LogP contribution is -2.22. The van der Waals surface area contributed by atoms with Gasteiger partial charge in [0.25, 0.3) is 0 Å². The van der Waals surface area contributed by atoms with E-state index in [9.17, 15) is 0 Å². The number of hydrogen-bond donors (Lipinski definition) is 1. The van der Waals surface area contributed by atoms with Gasteiger partial charge in [-0.1, -0.05) is 31.8 Å². The molecule has 1 N–H and O–H groups in total. The Hall–Kier alpha value is -0.300. The van der Waals surface area contributed by atoms with Crippen molar-refractivity contribution in [1.82, 2.24) is 5.32 Å². The first-order valence-corrected chi connectivity index (χ1v) is 6.53. The summed E-state index contributed by atoms with van der Waals surface area (Å²) in [4.78, 5) is 0. The molecule has 2 unspecified atom stereocenters. The molecule has 15 heavy (non-hydrogen) atoms. The SMILES string of the molecule is C=C(C)CCNCCC1CCCC(C)C1. The van der Waals surface area contributed by atoms with Crippen molar-refractivity contribution in [1.29, 1.82) is 0 Å². The summed E-state index contributed by atoms with van der Waals surface area (Å²) in [7, 11) is 0. The number of hydrogen-bond acceptors (Lipinski definition) is 1. The fraction of sp³-hybridized carbons (Fsp3) is 0.857. The lowest BCUT2D eigenvalue weighted by atomic mass is 9.81. The Kier molecular flexibility index (Phi) is 6.00. The van der Waals surface area contributed by atoms with Gasteiger partial charge in [-0.05, 0) is 51.1 Å². The summed E-state index contributed by atoms with van der Waals surface area (Å²) in [6.45, 7) is 10.7. The van der Waals surface area contributed by atoms with E-state index in [0.717, 1.165) is 24.8 Å². The molecule has 0 heterocycles. The standard InChI is InChI=1S/C14H27N/c1-12(2)7-9-15-10-8-14-6-4-5-13(3)11-14/h13-15H,1,4-11H2,2-3H3. The maximum Gasteiger partial charge on any atom is -0.00118 e. The highest BCUT2D eigenvalue weighted by molar-refractivity contribution is 4.88. The van der Waals surface area contributed by atoms with E-state index in [1.165, 1.54) is 44.2 Å². The molecule has 0 bridgehead atoms. The van der Waals surface area contributed by atoms with E-state index in [1.54, 1.807) is 0 Å². The predicted molar refractivity (Wildman–Crippen MR) is 68.0 cm³/mol. The summed E-state index contributed by atoms with van der Waals surface area (Å²) in [6.07, 6.45) is 8.34. The van der Waals surface area contributed by atoms with Crippen LogP contribution in [0.15, 0.2) is 12.2 Å². The van der Waals surface area contributed by atoms with Gasteiger partial charge < -0.3 is 5.32 Å². The van der Waals surface area contributed by atoms with Crippen molar-refractivity contribution >= 4 is 0 Å². The smallest absolute Gasteiger partial charge is 0.00118 e. The minimum atomic E-state index is 0.971. The van der Waals surface area contributed by atoms with E-state index in [0.29, 0.717) is 0 Å². The Bertz CT molecular complexity index is 186. The lowest BCUT2D eigenvalue weighted by Gasteiger charge is -2.26. The van der Waals surface area contributed by atoms with Gasteiger partial charge in [0.2, 0.25) is 0 Å². The monoisotopic (exact) mass is 209 g/mol. The average Bonchev–Trinajstić information content (AvgIpc) is 2.17. The zero-order valence-electron chi connectivity index (χ0n) is 10.5. The molecule has 0 spiro atoms. The molecule has 0 aromatic rings. The third-order valence-corrected chi connectivity index (χ3v) is 3.50. The normalized spacial score (nSPS) is 26.5. The van der Waals surface area contributed by atoms with Gasteiger partial charge >= 0.3 is 0 Å². The van der Waals surface area contributed by atoms with Gasteiger partial charge in [0.1, 0.15) is 0 Å². The van der Waals surface area contributed by atoms with Crippen molar-refractivity contribution in [2.75, 3.05) is 13.1 Å². The van der Waals surface area contributed by atoms with Crippen LogP contribution in [0.1, 0.15) is 52.4 Å². The summed E-state index contributed by atoms with van der Waals surface area (Å²) in [5.74, 6) is 1.96. The molecule has 0 aromatic carbocycles. The van der Waals surface area contributed by atoms with Crippen LogP contribution >= 0.6 is 0 Å². The first-order chi connectivity index (χ1) is 7.18. The lowest BCUT2D eigenvalue weighted by molar-refractivity contribution is 0.268. The van der Waals surface area contributed by atoms with E-state index < -0.39 is 0 Å². The third kappa shape index (κ3) is 5.99. The second-order valence-corrected chi connectivity index (χ2v) is 5.38. The highest BCUT2D eigenvalue weighted by atomic mass is 14.8. The van der Waals surface area contributed by atoms with Crippen LogP contribution in [-0.2, 0) is 0 Å². The molecule has 0 radical (unpaired) electrons. The minimum Gasteiger partial charge on any atom is -0.316 e. The Balaban J connectivity index is 1.97. The van der Waals surface area contributed by atoms with Gasteiger partial charge in [-0.3, -0.25) is 0 Å². The van der Waals surface area contributed by atoms with Crippen molar-refractivity contribution in [3.8, 4) is 0 Å². The highest BCUT2D eigenvalue weighted by Crippen LogP contribution is 2.30. The molecule has 88 valence electrons. The fourth-order valence-corrected chi connectivity index (χ4v) is 2.55. The Morgan fingerprint density at radius 1 is 1.33 bits per heavy atom. The molecule has 0 aromatic heterocycles. The van der Waals surface area contributed by atoms with Crippen LogP contribution in [0.4, 0.5) is 0 Å². The number of nitrogens with one attached hydrogen (secondary N) is 1. The van der Waals surface area contributed by atoms with Crippen molar-refractivity contribution < 1.29 is 0 Å². The second kappa shape index (κ2) is 7.05. The van der Waals surface area contributed by atoms with Crippen LogP contribution < -0.4 is 5.32 Å². The molecule has 1 saturated carbocycles. The molecule has 1 rings (SSSR count). The zero-order valence-corrected chi connectivity index (χ0v) is 10.5. The summed E-state index contributed by atoms with van der Waals surface area (Å²) in [6, 6.07) is 0. The first-order valence-electron chi connectivity index (χ1n) is 6.53. The second-order valence-electron chi connectivity index (χ2n) is 5.38. The Labute approximate surface area is 95.3 Å². The molecule has 1 heteroatoms. The van der Waals surface area contributed by atoms with Crippen LogP contribution in [0.25, 0.3) is 0 Å². The van der Waals surface area contributed by atoms with Crippen molar-refractivity contribution in [3.05, 3.63) is 12.2 Å². The van der Waals surface area contributed by atoms with Crippen LogP contribution in [0, 0.1) is 11.8 Å². The Morgan fingerprint density at radius 2 is 2.13 bits per heavy atom. The van der Waals surface area contributed by atoms with Gasteiger partial charge in [-0.15, -0.1) is 6.58 Å². The minimum absolute atomic E-state index is 0.971. The molecular weight excluding hydrogens is 182 g/mol. The van der Waals surface area contributed by atoms with Crippen LogP contribution in [0.3, 0.4) is 0 Å². The topological polar surface area (TPSA) is 12.0 Å². The highest BCUT2D eigenvalue weighted by Gasteiger charge is 2.17. The molecule has 0 saturated heterocycles. The van der Waals surface area contributed by atoms with Gasteiger partial charge in [-0.25, -0.2) is 0 Å². The van der Waals surface area contributed by atoms with E-state index in [4.69, 9.17) is 0 Å². The van der Waals surface area contributed by atoms with E-state index >= 15 is 0 Å². The number of rotatable bonds is 6. The molecule has 1 nitrogen and oxygen atoms in total. The first kappa shape index (κ1) is 12.8. The van der Waals surface area contributed by atoms with E-state index in [1.807, 2.05) is 0 Å². The quantitative estimate of drug-likeness (QED) is 0.519. The molecule has 1 aliphatic rings. The average molecular weight is 209 g/mol. The summed E-state index contributed by atoms with van der Waals surface area (Å²) < 4.78 is 0. The van der Waals surface area contributed by atoms with E-state index in [-0.39, 0.29) is 0 Å². The van der Waals surface area contributed by atoms with Gasteiger partial charge in [0, 0.05) is 0 Å². The summed E-state index contributed by atoms with van der Waals surface area (Å²) >= 11 is 0. The third-order valence-electron chi connectivity index (χ3n) is 3.50. The molecule has 0 aliphatic heterocycles. The Morgan fingerprint density at radius 3 is 2.80 bits per heavy atom. The maximum absolute atomic E-state index is 3.91. The molecule has 1 aliphatic carbocycles. The zero-order chi connectivity index (χ0) is 11.1. The maximum atomic E-state index is 3.91. The van der Waals surface area contributed by atoms with Crippen LogP contribution in [0.2, 0.25) is 0 Å². The van der Waals surface area contributed by atoms with Gasteiger partial charge in [-0.2, -0.15) is 0 Å².